The molecule has 0 radical (unpaired) electrons. The van der Waals surface area contributed by atoms with Crippen molar-refractivity contribution >= 4 is 11.8 Å². The third-order valence-corrected chi connectivity index (χ3v) is 8.11. The maximum absolute atomic E-state index is 12.8. The van der Waals surface area contributed by atoms with Crippen molar-refractivity contribution in [3.63, 3.8) is 0 Å². The first-order valence-electron chi connectivity index (χ1n) is 17.5. The number of nitrogens with one attached hydrogen (secondary N) is 2. The van der Waals surface area contributed by atoms with Gasteiger partial charge in [-0.15, -0.1) is 0 Å². The molecule has 43 heavy (non-hydrogen) atoms. The molecule has 0 aromatic heterocycles. The summed E-state index contributed by atoms with van der Waals surface area (Å²) in [5.41, 5.74) is 4.65. The van der Waals surface area contributed by atoms with Crippen molar-refractivity contribution in [2.75, 3.05) is 46.1 Å². The lowest BCUT2D eigenvalue weighted by Gasteiger charge is -2.31. The molecule has 256 valence electrons. The number of amides is 2. The molecule has 0 rings (SSSR count). The number of rotatable bonds is 28. The summed E-state index contributed by atoms with van der Waals surface area (Å²) in [6.07, 6.45) is 17.6. The quantitative estimate of drug-likeness (QED) is 0.0784. The minimum Gasteiger partial charge on any atom is -0.380 e. The molecule has 7 heteroatoms. The van der Waals surface area contributed by atoms with Crippen LogP contribution >= 0.6 is 0 Å². The second kappa shape index (κ2) is 22.3. The van der Waals surface area contributed by atoms with Crippen molar-refractivity contribution in [2.45, 2.75) is 152 Å². The molecule has 0 heterocycles. The Balaban J connectivity index is 4.02. The largest absolute Gasteiger partial charge is 0.380 e. The van der Waals surface area contributed by atoms with Crippen LogP contribution in [0.15, 0.2) is 0 Å². The average molecular weight is 612 g/mol. The Morgan fingerprint density at radius 3 is 1.42 bits per heavy atom. The third kappa shape index (κ3) is 23.8. The predicted octanol–water partition coefficient (Wildman–Crippen LogP) is 7.80. The van der Waals surface area contributed by atoms with Crippen LogP contribution in [-0.4, -0.2) is 57.9 Å². The molecule has 0 aliphatic carbocycles. The minimum atomic E-state index is -0.630. The van der Waals surface area contributed by atoms with Crippen LogP contribution in [0.2, 0.25) is 0 Å². The Kier molecular flexibility index (Phi) is 21.7. The predicted molar refractivity (Wildman–Crippen MR) is 182 cm³/mol. The topological polar surface area (TPSA) is 103 Å². The standard InChI is InChI=1S/C36H73N3O4/c1-10-11-12-13-14-15-16-17-18-19-20-21-22-23-31(40)38-25-34(4,5)28-42-29-35(6,7)26-39-32(41)36(8,9)30-43-27-33(2,3)24-37/h10-30,37H2,1-9H3,(H,38,40)(H,39,41). The van der Waals surface area contributed by atoms with Gasteiger partial charge in [-0.3, -0.25) is 9.59 Å². The number of nitrogens with two attached hydrogens (primary N) is 1. The Bertz CT molecular complexity index is 734. The third-order valence-electron chi connectivity index (χ3n) is 8.11. The van der Waals surface area contributed by atoms with Gasteiger partial charge < -0.3 is 25.8 Å². The summed E-state index contributed by atoms with van der Waals surface area (Å²) in [4.78, 5) is 25.2. The number of hydrogen-bond donors (Lipinski definition) is 3. The van der Waals surface area contributed by atoms with E-state index >= 15 is 0 Å². The highest BCUT2D eigenvalue weighted by Crippen LogP contribution is 2.22. The summed E-state index contributed by atoms with van der Waals surface area (Å²) in [5.74, 6) is 0.107. The lowest BCUT2D eigenvalue weighted by atomic mass is 9.90. The Morgan fingerprint density at radius 1 is 0.558 bits per heavy atom. The number of ether oxygens (including phenoxy) is 2. The molecule has 0 aliphatic rings. The van der Waals surface area contributed by atoms with E-state index in [2.05, 4.69) is 59.1 Å². The van der Waals surface area contributed by atoms with Gasteiger partial charge in [0.15, 0.2) is 0 Å². The van der Waals surface area contributed by atoms with Crippen LogP contribution in [-0.2, 0) is 19.1 Å². The SMILES string of the molecule is CCCCCCCCCCCCCCCC(=O)NCC(C)(C)COCC(C)(C)CNC(=O)C(C)(C)COCC(C)(C)CN. The molecule has 2 amide bonds. The normalized spacial score (nSPS) is 12.9. The van der Waals surface area contributed by atoms with Gasteiger partial charge in [-0.05, 0) is 26.8 Å². The zero-order valence-electron chi connectivity index (χ0n) is 30.1. The van der Waals surface area contributed by atoms with E-state index in [1.54, 1.807) is 0 Å². The maximum atomic E-state index is 12.8. The van der Waals surface area contributed by atoms with Gasteiger partial charge in [-0.1, -0.05) is 126 Å². The highest BCUT2D eigenvalue weighted by Gasteiger charge is 2.31. The van der Waals surface area contributed by atoms with E-state index in [0.717, 1.165) is 12.8 Å². The van der Waals surface area contributed by atoms with Gasteiger partial charge in [0.1, 0.15) is 0 Å². The van der Waals surface area contributed by atoms with Crippen molar-refractivity contribution < 1.29 is 19.1 Å². The molecular formula is C36H73N3O4. The Hall–Kier alpha value is -1.18. The van der Waals surface area contributed by atoms with Gasteiger partial charge in [0.25, 0.3) is 0 Å². The highest BCUT2D eigenvalue weighted by molar-refractivity contribution is 5.82. The van der Waals surface area contributed by atoms with Gasteiger partial charge in [0.05, 0.1) is 31.8 Å². The van der Waals surface area contributed by atoms with Gasteiger partial charge in [0, 0.05) is 35.8 Å². The van der Waals surface area contributed by atoms with E-state index < -0.39 is 5.41 Å². The summed E-state index contributed by atoms with van der Waals surface area (Å²) >= 11 is 0. The first-order valence-corrected chi connectivity index (χ1v) is 17.5. The second-order valence-electron chi connectivity index (χ2n) is 16.0. The number of carbonyl (C=O) groups excluding carboxylic acids is 2. The molecule has 0 atom stereocenters. The molecule has 0 aromatic rings. The van der Waals surface area contributed by atoms with Crippen LogP contribution in [0, 0.1) is 21.7 Å². The second-order valence-corrected chi connectivity index (χ2v) is 16.0. The maximum Gasteiger partial charge on any atom is 0.228 e. The summed E-state index contributed by atoms with van der Waals surface area (Å²) in [6.45, 7) is 22.2. The molecule has 0 fully saturated rings. The Morgan fingerprint density at radius 2 is 0.953 bits per heavy atom. The summed E-state index contributed by atoms with van der Waals surface area (Å²) in [7, 11) is 0. The monoisotopic (exact) mass is 612 g/mol. The molecule has 0 unspecified atom stereocenters. The fraction of sp³-hybridized carbons (Fsp3) is 0.944. The molecule has 0 saturated heterocycles. The lowest BCUT2D eigenvalue weighted by Crippen LogP contribution is -2.45. The number of carbonyl (C=O) groups is 2. The molecule has 0 aliphatic heterocycles. The first-order chi connectivity index (χ1) is 20.1. The summed E-state index contributed by atoms with van der Waals surface area (Å²) in [6, 6.07) is 0. The fourth-order valence-electron chi connectivity index (χ4n) is 4.70. The molecule has 4 N–H and O–H groups in total. The molecule has 0 spiro atoms. The highest BCUT2D eigenvalue weighted by atomic mass is 16.5. The van der Waals surface area contributed by atoms with Crippen LogP contribution in [0.4, 0.5) is 0 Å². The first kappa shape index (κ1) is 41.8. The van der Waals surface area contributed by atoms with Crippen molar-refractivity contribution in [2.24, 2.45) is 27.4 Å². The van der Waals surface area contributed by atoms with Crippen LogP contribution in [0.1, 0.15) is 152 Å². The lowest BCUT2D eigenvalue weighted by molar-refractivity contribution is -0.134. The van der Waals surface area contributed by atoms with Crippen LogP contribution in [0.25, 0.3) is 0 Å². The van der Waals surface area contributed by atoms with Crippen LogP contribution in [0.5, 0.6) is 0 Å². The Labute approximate surface area is 267 Å². The summed E-state index contributed by atoms with van der Waals surface area (Å²) < 4.78 is 11.9. The van der Waals surface area contributed by atoms with Crippen molar-refractivity contribution in [3.8, 4) is 0 Å². The van der Waals surface area contributed by atoms with E-state index in [9.17, 15) is 9.59 Å². The van der Waals surface area contributed by atoms with E-state index in [0.29, 0.717) is 52.5 Å². The number of unbranched alkanes of at least 4 members (excludes halogenated alkanes) is 12. The van der Waals surface area contributed by atoms with E-state index in [1.807, 2.05) is 13.8 Å². The molecule has 0 saturated carbocycles. The molecule has 0 bridgehead atoms. The smallest absolute Gasteiger partial charge is 0.228 e. The van der Waals surface area contributed by atoms with Crippen LogP contribution < -0.4 is 16.4 Å². The van der Waals surface area contributed by atoms with E-state index in [4.69, 9.17) is 15.2 Å². The number of hydrogen-bond acceptors (Lipinski definition) is 5. The molecule has 0 aromatic carbocycles. The average Bonchev–Trinajstić information content (AvgIpc) is 2.92. The van der Waals surface area contributed by atoms with Gasteiger partial charge >= 0.3 is 0 Å². The van der Waals surface area contributed by atoms with Crippen molar-refractivity contribution in [1.29, 1.82) is 0 Å². The van der Waals surface area contributed by atoms with Crippen molar-refractivity contribution in [3.05, 3.63) is 0 Å². The van der Waals surface area contributed by atoms with Gasteiger partial charge in [-0.2, -0.15) is 0 Å². The zero-order valence-corrected chi connectivity index (χ0v) is 30.1. The minimum absolute atomic E-state index is 0.0299. The molecular weight excluding hydrogens is 538 g/mol. The summed E-state index contributed by atoms with van der Waals surface area (Å²) in [5, 5.41) is 6.19. The van der Waals surface area contributed by atoms with Crippen LogP contribution in [0.3, 0.4) is 0 Å². The van der Waals surface area contributed by atoms with Crippen molar-refractivity contribution in [1.82, 2.24) is 10.6 Å². The molecule has 7 nitrogen and oxygen atoms in total. The van der Waals surface area contributed by atoms with Gasteiger partial charge in [-0.25, -0.2) is 0 Å². The van der Waals surface area contributed by atoms with E-state index in [1.165, 1.54) is 70.6 Å². The van der Waals surface area contributed by atoms with Gasteiger partial charge in [0.2, 0.25) is 11.8 Å². The fourth-order valence-corrected chi connectivity index (χ4v) is 4.70. The van der Waals surface area contributed by atoms with E-state index in [-0.39, 0.29) is 28.1 Å². The zero-order chi connectivity index (χ0) is 32.8.